The molecule has 0 aliphatic heterocycles. The van der Waals surface area contributed by atoms with Gasteiger partial charge in [0.1, 0.15) is 12.3 Å². The molecule has 0 atom stereocenters. The van der Waals surface area contributed by atoms with Crippen LogP contribution in [-0.2, 0) is 6.54 Å². The fraction of sp³-hybridized carbons (Fsp3) is 0.167. The normalized spacial score (nSPS) is 11.1. The minimum absolute atomic E-state index is 0.0403. The van der Waals surface area contributed by atoms with Crippen LogP contribution in [0.1, 0.15) is 21.8 Å². The Labute approximate surface area is 117 Å². The van der Waals surface area contributed by atoms with Gasteiger partial charge in [0.2, 0.25) is 0 Å². The van der Waals surface area contributed by atoms with Gasteiger partial charge in [0.15, 0.2) is 12.0 Å². The van der Waals surface area contributed by atoms with Gasteiger partial charge in [-0.3, -0.25) is 0 Å². The number of rotatable bonds is 3. The summed E-state index contributed by atoms with van der Waals surface area (Å²) in [6.45, 7) is 2.10. The molecule has 0 aromatic carbocycles. The van der Waals surface area contributed by atoms with Gasteiger partial charge < -0.3 is 9.52 Å². The lowest BCUT2D eigenvalue weighted by Crippen LogP contribution is -2.03. The molecule has 3 aromatic rings. The first kappa shape index (κ1) is 12.6. The van der Waals surface area contributed by atoms with Crippen molar-refractivity contribution in [3.8, 4) is 0 Å². The van der Waals surface area contributed by atoms with Crippen LogP contribution in [0.4, 0.5) is 0 Å². The molecule has 8 heteroatoms. The maximum Gasteiger partial charge on any atom is 0.338 e. The molecule has 3 rings (SSSR count). The van der Waals surface area contributed by atoms with Crippen molar-refractivity contribution in [3.05, 3.63) is 40.8 Å². The number of carboxylic acid groups (broad SMARTS) is 1. The summed E-state index contributed by atoms with van der Waals surface area (Å²) in [6.07, 6.45) is 4.14. The van der Waals surface area contributed by atoms with Crippen molar-refractivity contribution in [1.82, 2.24) is 19.7 Å². The van der Waals surface area contributed by atoms with Crippen molar-refractivity contribution in [2.75, 3.05) is 0 Å². The van der Waals surface area contributed by atoms with Gasteiger partial charge in [-0.1, -0.05) is 11.6 Å². The maximum absolute atomic E-state index is 11.1. The zero-order chi connectivity index (χ0) is 14.3. The Morgan fingerprint density at radius 1 is 1.50 bits per heavy atom. The molecular formula is C12H9ClN4O3. The Kier molecular flexibility index (Phi) is 2.90. The average Bonchev–Trinajstić information content (AvgIpc) is 2.99. The molecule has 7 nitrogen and oxygen atoms in total. The quantitative estimate of drug-likeness (QED) is 0.794. The number of nitrogens with zero attached hydrogens (tertiary/aromatic N) is 4. The Morgan fingerprint density at radius 2 is 2.30 bits per heavy atom. The van der Waals surface area contributed by atoms with Crippen LogP contribution in [0.25, 0.3) is 11.0 Å². The third kappa shape index (κ3) is 1.92. The molecule has 102 valence electrons. The lowest BCUT2D eigenvalue weighted by atomic mass is 10.2. The third-order valence-corrected chi connectivity index (χ3v) is 3.28. The number of pyridine rings is 1. The number of carbonyl (C=O) groups is 1. The molecule has 0 amide bonds. The second kappa shape index (κ2) is 4.61. The number of hydrogen-bond acceptors (Lipinski definition) is 5. The standard InChI is InChI=1S/C12H9ClN4O3/c1-6-9-10(13)8(12(18)19)3-15-11(9)17(16-6)4-7-2-14-5-20-7/h2-3,5H,4H2,1H3,(H,18,19). The molecule has 3 aromatic heterocycles. The van der Waals surface area contributed by atoms with Crippen LogP contribution in [0.3, 0.4) is 0 Å². The number of fused-ring (bicyclic) bond motifs is 1. The van der Waals surface area contributed by atoms with Gasteiger partial charge in [-0.15, -0.1) is 0 Å². The second-order valence-corrected chi connectivity index (χ2v) is 4.58. The zero-order valence-corrected chi connectivity index (χ0v) is 11.1. The molecule has 3 heterocycles. The van der Waals surface area contributed by atoms with Gasteiger partial charge >= 0.3 is 5.97 Å². The zero-order valence-electron chi connectivity index (χ0n) is 10.4. The topological polar surface area (TPSA) is 94.0 Å². The lowest BCUT2D eigenvalue weighted by Gasteiger charge is -2.02. The molecule has 0 aliphatic rings. The van der Waals surface area contributed by atoms with Gasteiger partial charge in [-0.2, -0.15) is 5.10 Å². The van der Waals surface area contributed by atoms with Crippen molar-refractivity contribution in [1.29, 1.82) is 0 Å². The Balaban J connectivity index is 2.17. The average molecular weight is 293 g/mol. The summed E-state index contributed by atoms with van der Waals surface area (Å²) in [4.78, 5) is 19.0. The Bertz CT molecular complexity index is 795. The number of aryl methyl sites for hydroxylation is 1. The van der Waals surface area contributed by atoms with Gasteiger partial charge in [0, 0.05) is 6.20 Å². The van der Waals surface area contributed by atoms with E-state index >= 15 is 0 Å². The van der Waals surface area contributed by atoms with Crippen LogP contribution < -0.4 is 0 Å². The molecule has 0 radical (unpaired) electrons. The van der Waals surface area contributed by atoms with Crippen molar-refractivity contribution in [3.63, 3.8) is 0 Å². The summed E-state index contributed by atoms with van der Waals surface area (Å²) in [5.74, 6) is -0.499. The summed E-state index contributed by atoms with van der Waals surface area (Å²) in [7, 11) is 0. The third-order valence-electron chi connectivity index (χ3n) is 2.89. The fourth-order valence-corrected chi connectivity index (χ4v) is 2.35. The van der Waals surface area contributed by atoms with Gasteiger partial charge in [-0.05, 0) is 6.92 Å². The molecule has 0 saturated heterocycles. The van der Waals surface area contributed by atoms with Gasteiger partial charge in [0.25, 0.3) is 0 Å². The number of aromatic carboxylic acids is 1. The van der Waals surface area contributed by atoms with E-state index in [0.717, 1.165) is 0 Å². The molecular weight excluding hydrogens is 284 g/mol. The minimum atomic E-state index is -1.12. The molecule has 0 spiro atoms. The first-order chi connectivity index (χ1) is 9.58. The summed E-state index contributed by atoms with van der Waals surface area (Å²) in [5, 5.41) is 14.0. The van der Waals surface area contributed by atoms with Crippen LogP contribution in [0.2, 0.25) is 5.02 Å². The van der Waals surface area contributed by atoms with E-state index in [1.807, 2.05) is 0 Å². The highest BCUT2D eigenvalue weighted by molar-refractivity contribution is 6.38. The van der Waals surface area contributed by atoms with E-state index in [1.54, 1.807) is 17.8 Å². The van der Waals surface area contributed by atoms with Gasteiger partial charge in [-0.25, -0.2) is 19.4 Å². The van der Waals surface area contributed by atoms with E-state index in [1.165, 1.54) is 12.6 Å². The number of oxazole rings is 1. The van der Waals surface area contributed by atoms with E-state index in [9.17, 15) is 4.79 Å². The van der Waals surface area contributed by atoms with Crippen molar-refractivity contribution in [2.45, 2.75) is 13.5 Å². The van der Waals surface area contributed by atoms with E-state index in [2.05, 4.69) is 15.1 Å². The van der Waals surface area contributed by atoms with E-state index < -0.39 is 5.97 Å². The van der Waals surface area contributed by atoms with Crippen LogP contribution in [0, 0.1) is 6.92 Å². The number of hydrogen-bond donors (Lipinski definition) is 1. The molecule has 0 unspecified atom stereocenters. The van der Waals surface area contributed by atoms with Gasteiger partial charge in [0.05, 0.1) is 27.9 Å². The van der Waals surface area contributed by atoms with E-state index in [4.69, 9.17) is 21.1 Å². The van der Waals surface area contributed by atoms with Crippen LogP contribution in [0.15, 0.2) is 23.2 Å². The highest BCUT2D eigenvalue weighted by Crippen LogP contribution is 2.28. The smallest absolute Gasteiger partial charge is 0.338 e. The summed E-state index contributed by atoms with van der Waals surface area (Å²) >= 11 is 6.13. The van der Waals surface area contributed by atoms with Crippen molar-refractivity contribution < 1.29 is 14.3 Å². The first-order valence-electron chi connectivity index (χ1n) is 5.70. The molecule has 0 bridgehead atoms. The highest BCUT2D eigenvalue weighted by atomic mass is 35.5. The Morgan fingerprint density at radius 3 is 2.95 bits per heavy atom. The molecule has 20 heavy (non-hydrogen) atoms. The lowest BCUT2D eigenvalue weighted by molar-refractivity contribution is 0.0697. The van der Waals surface area contributed by atoms with Crippen molar-refractivity contribution in [2.24, 2.45) is 0 Å². The van der Waals surface area contributed by atoms with Crippen LogP contribution in [-0.4, -0.2) is 30.8 Å². The fourth-order valence-electron chi connectivity index (χ4n) is 2.00. The predicted octanol–water partition coefficient (Wildman–Crippen LogP) is 2.13. The monoisotopic (exact) mass is 292 g/mol. The highest BCUT2D eigenvalue weighted by Gasteiger charge is 2.19. The largest absolute Gasteiger partial charge is 0.478 e. The predicted molar refractivity (Wildman–Crippen MR) is 69.8 cm³/mol. The van der Waals surface area contributed by atoms with E-state index in [0.29, 0.717) is 29.0 Å². The van der Waals surface area contributed by atoms with E-state index in [-0.39, 0.29) is 10.6 Å². The van der Waals surface area contributed by atoms with Crippen LogP contribution >= 0.6 is 11.6 Å². The van der Waals surface area contributed by atoms with Crippen molar-refractivity contribution >= 4 is 28.6 Å². The van der Waals surface area contributed by atoms with Crippen LogP contribution in [0.5, 0.6) is 0 Å². The SMILES string of the molecule is Cc1nn(Cc2cnco2)c2ncc(C(=O)O)c(Cl)c12. The molecule has 0 fully saturated rings. The molecule has 1 N–H and O–H groups in total. The number of carboxylic acids is 1. The minimum Gasteiger partial charge on any atom is -0.478 e. The Hall–Kier alpha value is -2.41. The number of aromatic nitrogens is 4. The first-order valence-corrected chi connectivity index (χ1v) is 6.08. The summed E-state index contributed by atoms with van der Waals surface area (Å²) < 4.78 is 6.76. The summed E-state index contributed by atoms with van der Waals surface area (Å²) in [5.41, 5.74) is 1.08. The number of halogens is 1. The summed E-state index contributed by atoms with van der Waals surface area (Å²) in [6, 6.07) is 0. The molecule has 0 saturated carbocycles. The second-order valence-electron chi connectivity index (χ2n) is 4.20. The maximum atomic E-state index is 11.1. The molecule has 0 aliphatic carbocycles.